The van der Waals surface area contributed by atoms with Crippen molar-refractivity contribution in [2.24, 2.45) is 4.99 Å². The average Bonchev–Trinajstić information content (AvgIpc) is 3.26. The maximum absolute atomic E-state index is 12.9. The summed E-state index contributed by atoms with van der Waals surface area (Å²) < 4.78 is 11.0. The minimum absolute atomic E-state index is 0.289. The highest BCUT2D eigenvalue weighted by Gasteiger charge is 2.48. The smallest absolute Gasteiger partial charge is 0.346 e. The number of carbonyl (C=O) groups excluding carboxylic acids is 1. The Kier molecular flexibility index (Phi) is 3.90. The van der Waals surface area contributed by atoms with Gasteiger partial charge in [0.15, 0.2) is 5.54 Å². The van der Waals surface area contributed by atoms with Gasteiger partial charge in [-0.25, -0.2) is 9.79 Å². The van der Waals surface area contributed by atoms with Crippen LogP contribution in [-0.4, -0.2) is 11.9 Å². The van der Waals surface area contributed by atoms with Gasteiger partial charge in [0, 0.05) is 17.0 Å². The van der Waals surface area contributed by atoms with E-state index < -0.39 is 11.5 Å². The zero-order valence-electron chi connectivity index (χ0n) is 13.2. The molecule has 0 saturated carbocycles. The fourth-order valence-corrected chi connectivity index (χ4v) is 3.03. The highest BCUT2D eigenvalue weighted by Crippen LogP contribution is 2.37. The van der Waals surface area contributed by atoms with Crippen LogP contribution < -0.4 is 0 Å². The van der Waals surface area contributed by atoms with Gasteiger partial charge in [0.05, 0.1) is 6.26 Å². The topological polar surface area (TPSA) is 51.8 Å². The van der Waals surface area contributed by atoms with Crippen LogP contribution in [0.15, 0.2) is 82.4 Å². The summed E-state index contributed by atoms with van der Waals surface area (Å²) in [6.45, 7) is 0. The van der Waals surface area contributed by atoms with Gasteiger partial charge in [-0.15, -0.1) is 0 Å². The Labute approximate surface area is 149 Å². The number of aliphatic imine (C=N–C) groups is 1. The lowest BCUT2D eigenvalue weighted by molar-refractivity contribution is -0.139. The summed E-state index contributed by atoms with van der Waals surface area (Å²) in [6.07, 6.45) is 1.87. The van der Waals surface area contributed by atoms with Crippen LogP contribution in [0, 0.1) is 0 Å². The number of hydrogen-bond donors (Lipinski definition) is 0. The van der Waals surface area contributed by atoms with E-state index in [2.05, 4.69) is 4.99 Å². The summed E-state index contributed by atoms with van der Waals surface area (Å²) in [5, 5.41) is 0.610. The third kappa shape index (κ3) is 2.85. The van der Waals surface area contributed by atoms with Gasteiger partial charge in [-0.1, -0.05) is 41.9 Å². The van der Waals surface area contributed by atoms with Gasteiger partial charge in [0.25, 0.3) is 0 Å². The number of esters is 1. The minimum atomic E-state index is -1.16. The normalized spacial score (nSPS) is 19.6. The van der Waals surface area contributed by atoms with Crippen LogP contribution >= 0.6 is 11.6 Å². The van der Waals surface area contributed by atoms with E-state index in [4.69, 9.17) is 20.8 Å². The molecule has 25 heavy (non-hydrogen) atoms. The number of cyclic esters (lactones) is 1. The Morgan fingerprint density at radius 3 is 2.40 bits per heavy atom. The van der Waals surface area contributed by atoms with Gasteiger partial charge in [-0.2, -0.15) is 0 Å². The van der Waals surface area contributed by atoms with E-state index in [1.807, 2.05) is 36.4 Å². The SMILES string of the molecule is O=C1OC(c2ccc(Cl)cc2)=NC1(Cc1ccco1)c1ccccc1. The van der Waals surface area contributed by atoms with E-state index in [1.54, 1.807) is 36.6 Å². The minimum Gasteiger partial charge on any atom is -0.469 e. The molecule has 124 valence electrons. The lowest BCUT2D eigenvalue weighted by Gasteiger charge is -2.21. The van der Waals surface area contributed by atoms with Gasteiger partial charge >= 0.3 is 5.97 Å². The summed E-state index contributed by atoms with van der Waals surface area (Å²) in [7, 11) is 0. The van der Waals surface area contributed by atoms with Gasteiger partial charge in [0.2, 0.25) is 5.90 Å². The second kappa shape index (κ2) is 6.22. The highest BCUT2D eigenvalue weighted by molar-refractivity contribution is 6.30. The van der Waals surface area contributed by atoms with Crippen LogP contribution in [0.25, 0.3) is 0 Å². The van der Waals surface area contributed by atoms with Crippen molar-refractivity contribution in [3.63, 3.8) is 0 Å². The van der Waals surface area contributed by atoms with Crippen LogP contribution in [0.5, 0.6) is 0 Å². The number of hydrogen-bond acceptors (Lipinski definition) is 4. The summed E-state index contributed by atoms with van der Waals surface area (Å²) in [4.78, 5) is 17.6. The van der Waals surface area contributed by atoms with E-state index in [-0.39, 0.29) is 5.90 Å². The van der Waals surface area contributed by atoms with Crippen molar-refractivity contribution in [3.05, 3.63) is 94.9 Å². The van der Waals surface area contributed by atoms with Crippen LogP contribution in [0.2, 0.25) is 5.02 Å². The number of furan rings is 1. The van der Waals surface area contributed by atoms with Gasteiger partial charge in [-0.05, 0) is 42.0 Å². The number of halogens is 1. The number of nitrogens with zero attached hydrogens (tertiary/aromatic N) is 1. The molecule has 1 aliphatic heterocycles. The molecule has 0 amide bonds. The molecule has 1 unspecified atom stereocenters. The standard InChI is InChI=1S/C20H14ClNO3/c21-16-10-8-14(9-11-16)18-22-20(19(23)25-18,13-17-7-4-12-24-17)15-5-2-1-3-6-15/h1-12H,13H2. The molecule has 0 saturated heterocycles. The monoisotopic (exact) mass is 351 g/mol. The molecule has 0 N–H and O–H groups in total. The first-order valence-corrected chi connectivity index (χ1v) is 8.21. The average molecular weight is 352 g/mol. The molecule has 2 aromatic carbocycles. The molecule has 1 aliphatic rings. The fraction of sp³-hybridized carbons (Fsp3) is 0.100. The first kappa shape index (κ1) is 15.7. The van der Waals surface area contributed by atoms with E-state index >= 15 is 0 Å². The van der Waals surface area contributed by atoms with Crippen LogP contribution in [0.1, 0.15) is 16.9 Å². The molecule has 0 spiro atoms. The Hall–Kier alpha value is -2.85. The predicted molar refractivity (Wildman–Crippen MR) is 94.6 cm³/mol. The van der Waals surface area contributed by atoms with Crippen molar-refractivity contribution < 1.29 is 13.9 Å². The molecule has 2 heterocycles. The molecule has 4 nitrogen and oxygen atoms in total. The fourth-order valence-electron chi connectivity index (χ4n) is 2.91. The van der Waals surface area contributed by atoms with Crippen LogP contribution in [0.3, 0.4) is 0 Å². The number of carbonyl (C=O) groups is 1. The Morgan fingerprint density at radius 1 is 0.960 bits per heavy atom. The molecule has 0 bridgehead atoms. The largest absolute Gasteiger partial charge is 0.469 e. The van der Waals surface area contributed by atoms with Crippen molar-refractivity contribution in [2.45, 2.75) is 12.0 Å². The zero-order valence-corrected chi connectivity index (χ0v) is 13.9. The van der Waals surface area contributed by atoms with E-state index in [0.29, 0.717) is 22.8 Å². The Bertz CT molecular complexity index is 917. The number of rotatable bonds is 4. The molecule has 0 radical (unpaired) electrons. The van der Waals surface area contributed by atoms with E-state index in [9.17, 15) is 4.79 Å². The van der Waals surface area contributed by atoms with E-state index in [0.717, 1.165) is 5.56 Å². The van der Waals surface area contributed by atoms with E-state index in [1.165, 1.54) is 0 Å². The molecule has 4 rings (SSSR count). The Balaban J connectivity index is 1.82. The summed E-state index contributed by atoms with van der Waals surface area (Å²) in [5.41, 5.74) is 0.309. The molecule has 1 aromatic heterocycles. The van der Waals surface area contributed by atoms with Gasteiger partial charge in [0.1, 0.15) is 5.76 Å². The van der Waals surface area contributed by atoms with Crippen molar-refractivity contribution in [2.75, 3.05) is 0 Å². The predicted octanol–water partition coefficient (Wildman–Crippen LogP) is 4.37. The zero-order chi connectivity index (χ0) is 17.3. The van der Waals surface area contributed by atoms with Gasteiger partial charge < -0.3 is 9.15 Å². The summed E-state index contributed by atoms with van der Waals surface area (Å²) >= 11 is 5.93. The van der Waals surface area contributed by atoms with Crippen molar-refractivity contribution in [3.8, 4) is 0 Å². The lowest BCUT2D eigenvalue weighted by atomic mass is 9.86. The second-order valence-electron chi connectivity index (χ2n) is 5.80. The molecule has 5 heteroatoms. The highest BCUT2D eigenvalue weighted by atomic mass is 35.5. The summed E-state index contributed by atoms with van der Waals surface area (Å²) in [6, 6.07) is 20.1. The molecule has 3 aromatic rings. The van der Waals surface area contributed by atoms with Gasteiger partial charge in [-0.3, -0.25) is 0 Å². The summed E-state index contributed by atoms with van der Waals surface area (Å²) in [5.74, 6) is 0.541. The molecular weight excluding hydrogens is 338 g/mol. The third-order valence-corrected chi connectivity index (χ3v) is 4.42. The number of benzene rings is 2. The quantitative estimate of drug-likeness (QED) is 0.656. The first-order chi connectivity index (χ1) is 12.2. The maximum Gasteiger partial charge on any atom is 0.346 e. The van der Waals surface area contributed by atoms with Crippen molar-refractivity contribution >= 4 is 23.5 Å². The Morgan fingerprint density at radius 2 is 1.72 bits per heavy atom. The lowest BCUT2D eigenvalue weighted by Crippen LogP contribution is -2.33. The number of ether oxygens (including phenoxy) is 1. The molecular formula is C20H14ClNO3. The molecule has 0 aliphatic carbocycles. The second-order valence-corrected chi connectivity index (χ2v) is 6.23. The van der Waals surface area contributed by atoms with Crippen LogP contribution in [-0.2, 0) is 21.5 Å². The third-order valence-electron chi connectivity index (χ3n) is 4.17. The van der Waals surface area contributed by atoms with Crippen molar-refractivity contribution in [1.82, 2.24) is 0 Å². The molecule has 1 atom stereocenters. The molecule has 0 fully saturated rings. The first-order valence-electron chi connectivity index (χ1n) is 7.83. The van der Waals surface area contributed by atoms with Crippen LogP contribution in [0.4, 0.5) is 0 Å². The maximum atomic E-state index is 12.9. The van der Waals surface area contributed by atoms with Crippen molar-refractivity contribution in [1.29, 1.82) is 0 Å².